The number of piperidine rings is 1. The van der Waals surface area contributed by atoms with Crippen molar-refractivity contribution in [1.82, 2.24) is 10.2 Å². The average molecular weight is 345 g/mol. The Hall–Kier alpha value is -0.970. The van der Waals surface area contributed by atoms with Crippen molar-refractivity contribution >= 4 is 29.9 Å². The van der Waals surface area contributed by atoms with E-state index in [0.29, 0.717) is 16.3 Å². The summed E-state index contributed by atoms with van der Waals surface area (Å²) in [7, 11) is 1.57. The van der Waals surface area contributed by atoms with Gasteiger partial charge in [0.1, 0.15) is 5.75 Å². The number of carbonyl (C=O) groups excluding carboxylic acids is 1. The molecule has 1 amide bonds. The first kappa shape index (κ1) is 17.4. The summed E-state index contributed by atoms with van der Waals surface area (Å²) >= 11 is 5.97. The monoisotopic (exact) mass is 344 g/mol. The number of carbonyl (C=O) groups is 1. The van der Waals surface area contributed by atoms with E-state index in [1.54, 1.807) is 25.3 Å². The van der Waals surface area contributed by atoms with Gasteiger partial charge >= 0.3 is 0 Å². The van der Waals surface area contributed by atoms with Crippen molar-refractivity contribution in [3.05, 3.63) is 28.8 Å². The number of nitrogens with zero attached hydrogens (tertiary/aromatic N) is 1. The van der Waals surface area contributed by atoms with Crippen LogP contribution in [0.15, 0.2) is 18.2 Å². The fraction of sp³-hybridized carbons (Fsp3) is 0.562. The molecule has 0 aliphatic carbocycles. The van der Waals surface area contributed by atoms with Gasteiger partial charge in [0, 0.05) is 30.1 Å². The Kier molecular flexibility index (Phi) is 5.59. The quantitative estimate of drug-likeness (QED) is 0.896. The van der Waals surface area contributed by atoms with Gasteiger partial charge in [0.25, 0.3) is 5.91 Å². The first-order valence-electron chi connectivity index (χ1n) is 7.47. The fourth-order valence-electron chi connectivity index (χ4n) is 3.54. The Morgan fingerprint density at radius 1 is 1.41 bits per heavy atom. The largest absolute Gasteiger partial charge is 0.496 e. The maximum absolute atomic E-state index is 12.8. The van der Waals surface area contributed by atoms with E-state index in [1.807, 2.05) is 4.90 Å². The van der Waals surface area contributed by atoms with Crippen LogP contribution in [0.1, 0.15) is 29.6 Å². The normalized spacial score (nSPS) is 24.2. The molecule has 0 saturated carbocycles. The zero-order valence-electron chi connectivity index (χ0n) is 12.7. The van der Waals surface area contributed by atoms with E-state index >= 15 is 0 Å². The highest BCUT2D eigenvalue weighted by Gasteiger charge is 2.39. The van der Waals surface area contributed by atoms with E-state index in [0.717, 1.165) is 39.0 Å². The topological polar surface area (TPSA) is 41.6 Å². The third-order valence-corrected chi connectivity index (χ3v) is 4.91. The second-order valence-corrected chi connectivity index (χ2v) is 6.54. The average Bonchev–Trinajstić information content (AvgIpc) is 2.94. The lowest BCUT2D eigenvalue weighted by Crippen LogP contribution is -2.47. The number of benzene rings is 1. The summed E-state index contributed by atoms with van der Waals surface area (Å²) in [5.74, 6) is 0.603. The molecular weight excluding hydrogens is 323 g/mol. The number of hydrogen-bond donors (Lipinski definition) is 1. The fourth-order valence-corrected chi connectivity index (χ4v) is 3.70. The third kappa shape index (κ3) is 3.34. The number of nitrogens with one attached hydrogen (secondary N) is 1. The molecule has 1 atom stereocenters. The van der Waals surface area contributed by atoms with Crippen molar-refractivity contribution in [2.75, 3.05) is 33.3 Å². The van der Waals surface area contributed by atoms with Gasteiger partial charge in [-0.3, -0.25) is 4.79 Å². The predicted octanol–water partition coefficient (Wildman–Crippen LogP) is 2.99. The molecule has 6 heteroatoms. The highest BCUT2D eigenvalue weighted by molar-refractivity contribution is 6.30. The zero-order chi connectivity index (χ0) is 14.9. The molecule has 1 N–H and O–H groups in total. The van der Waals surface area contributed by atoms with Gasteiger partial charge in [0.15, 0.2) is 0 Å². The summed E-state index contributed by atoms with van der Waals surface area (Å²) in [6.45, 7) is 3.75. The second-order valence-electron chi connectivity index (χ2n) is 6.10. The molecule has 0 radical (unpaired) electrons. The number of halogens is 2. The van der Waals surface area contributed by atoms with Crippen LogP contribution in [0.2, 0.25) is 5.02 Å². The maximum atomic E-state index is 12.8. The van der Waals surface area contributed by atoms with Gasteiger partial charge in [-0.15, -0.1) is 12.4 Å². The van der Waals surface area contributed by atoms with E-state index in [-0.39, 0.29) is 23.7 Å². The smallest absolute Gasteiger partial charge is 0.257 e. The molecule has 2 saturated heterocycles. The van der Waals surface area contributed by atoms with Gasteiger partial charge in [0.05, 0.1) is 12.7 Å². The maximum Gasteiger partial charge on any atom is 0.257 e. The molecule has 2 fully saturated rings. The lowest BCUT2D eigenvalue weighted by Gasteiger charge is -2.40. The molecule has 4 nitrogen and oxygen atoms in total. The number of rotatable bonds is 2. The molecular formula is C16H22Cl2N2O2. The van der Waals surface area contributed by atoms with Crippen molar-refractivity contribution in [2.24, 2.45) is 5.41 Å². The number of amides is 1. The van der Waals surface area contributed by atoms with Gasteiger partial charge < -0.3 is 15.0 Å². The zero-order valence-corrected chi connectivity index (χ0v) is 14.3. The van der Waals surface area contributed by atoms with Gasteiger partial charge in [0.2, 0.25) is 0 Å². The predicted molar refractivity (Wildman–Crippen MR) is 90.3 cm³/mol. The summed E-state index contributed by atoms with van der Waals surface area (Å²) in [5, 5.41) is 4.01. The van der Waals surface area contributed by atoms with E-state index < -0.39 is 0 Å². The molecule has 3 rings (SSSR count). The number of methoxy groups -OCH3 is 1. The van der Waals surface area contributed by atoms with Crippen LogP contribution in [-0.4, -0.2) is 44.1 Å². The van der Waals surface area contributed by atoms with Crippen LogP contribution in [0.25, 0.3) is 0 Å². The molecule has 0 aromatic heterocycles. The Morgan fingerprint density at radius 3 is 2.91 bits per heavy atom. The molecule has 122 valence electrons. The van der Waals surface area contributed by atoms with E-state index in [1.165, 1.54) is 6.42 Å². The molecule has 22 heavy (non-hydrogen) atoms. The summed E-state index contributed by atoms with van der Waals surface area (Å²) in [6.07, 6.45) is 3.44. The number of ether oxygens (including phenoxy) is 1. The molecule has 2 heterocycles. The summed E-state index contributed by atoms with van der Waals surface area (Å²) in [6, 6.07) is 5.21. The molecule has 2 aliphatic rings. The molecule has 0 bridgehead atoms. The van der Waals surface area contributed by atoms with E-state index in [4.69, 9.17) is 16.3 Å². The second kappa shape index (κ2) is 7.07. The Balaban J connectivity index is 0.00000176. The highest BCUT2D eigenvalue weighted by Crippen LogP contribution is 2.36. The van der Waals surface area contributed by atoms with Gasteiger partial charge in [-0.2, -0.15) is 0 Å². The van der Waals surface area contributed by atoms with Crippen LogP contribution in [0.5, 0.6) is 5.75 Å². The molecule has 1 unspecified atom stereocenters. The highest BCUT2D eigenvalue weighted by atomic mass is 35.5. The molecule has 1 aromatic rings. The first-order chi connectivity index (χ1) is 10.1. The first-order valence-corrected chi connectivity index (χ1v) is 7.85. The third-order valence-electron chi connectivity index (χ3n) is 4.67. The summed E-state index contributed by atoms with van der Waals surface area (Å²) in [5.41, 5.74) is 0.873. The number of likely N-dealkylation sites (tertiary alicyclic amines) is 1. The Labute approximate surface area is 142 Å². The van der Waals surface area contributed by atoms with Gasteiger partial charge in [-0.1, -0.05) is 11.6 Å². The molecule has 1 spiro atoms. The SMILES string of the molecule is COc1cc(Cl)ccc1C(=O)N1CCCC2(CCNC2)C1.Cl. The Bertz CT molecular complexity index is 545. The van der Waals surface area contributed by atoms with Crippen molar-refractivity contribution < 1.29 is 9.53 Å². The van der Waals surface area contributed by atoms with Crippen molar-refractivity contribution in [2.45, 2.75) is 19.3 Å². The molecule has 2 aliphatic heterocycles. The van der Waals surface area contributed by atoms with Crippen molar-refractivity contribution in [3.63, 3.8) is 0 Å². The van der Waals surface area contributed by atoms with E-state index in [9.17, 15) is 4.79 Å². The van der Waals surface area contributed by atoms with Crippen LogP contribution >= 0.6 is 24.0 Å². The molecule has 1 aromatic carbocycles. The van der Waals surface area contributed by atoms with Crippen molar-refractivity contribution in [1.29, 1.82) is 0 Å². The van der Waals surface area contributed by atoms with Crippen LogP contribution in [0, 0.1) is 5.41 Å². The van der Waals surface area contributed by atoms with Crippen LogP contribution < -0.4 is 10.1 Å². The van der Waals surface area contributed by atoms with Crippen LogP contribution in [0.3, 0.4) is 0 Å². The summed E-state index contributed by atoms with van der Waals surface area (Å²) in [4.78, 5) is 14.8. The minimum atomic E-state index is 0. The van der Waals surface area contributed by atoms with Gasteiger partial charge in [-0.05, 0) is 44.0 Å². The standard InChI is InChI=1S/C16H21ClN2O2.ClH/c1-21-14-9-12(17)3-4-13(14)15(20)19-8-2-5-16(11-19)6-7-18-10-16;/h3-4,9,18H,2,5-8,10-11H2,1H3;1H. The Morgan fingerprint density at radius 2 is 2.23 bits per heavy atom. The van der Waals surface area contributed by atoms with E-state index in [2.05, 4.69) is 5.32 Å². The lowest BCUT2D eigenvalue weighted by molar-refractivity contribution is 0.0550. The number of hydrogen-bond acceptors (Lipinski definition) is 3. The summed E-state index contributed by atoms with van der Waals surface area (Å²) < 4.78 is 5.31. The van der Waals surface area contributed by atoms with Crippen molar-refractivity contribution in [3.8, 4) is 5.75 Å². The van der Waals surface area contributed by atoms with Crippen LogP contribution in [-0.2, 0) is 0 Å². The minimum Gasteiger partial charge on any atom is -0.496 e. The van der Waals surface area contributed by atoms with Crippen LogP contribution in [0.4, 0.5) is 0 Å². The minimum absolute atomic E-state index is 0. The van der Waals surface area contributed by atoms with Gasteiger partial charge in [-0.25, -0.2) is 0 Å². The lowest BCUT2D eigenvalue weighted by atomic mass is 9.79.